The number of anilines is 1. The maximum Gasteiger partial charge on any atom is 0.254 e. The SMILES string of the molecule is CN(Cc1cccc(N(C)C)c1)C(=O)C1(O)CCSCC1. The summed E-state index contributed by atoms with van der Waals surface area (Å²) >= 11 is 1.80. The summed E-state index contributed by atoms with van der Waals surface area (Å²) in [6.07, 6.45) is 1.11. The molecule has 5 heteroatoms. The molecule has 0 spiro atoms. The van der Waals surface area contributed by atoms with Gasteiger partial charge >= 0.3 is 0 Å². The summed E-state index contributed by atoms with van der Waals surface area (Å²) in [6, 6.07) is 8.12. The summed E-state index contributed by atoms with van der Waals surface area (Å²) in [5, 5.41) is 10.5. The maximum absolute atomic E-state index is 12.5. The molecule has 1 fully saturated rings. The highest BCUT2D eigenvalue weighted by Crippen LogP contribution is 2.29. The number of nitrogens with zero attached hydrogens (tertiary/aromatic N) is 2. The molecule has 4 nitrogen and oxygen atoms in total. The first-order valence-electron chi connectivity index (χ1n) is 7.24. The van der Waals surface area contributed by atoms with Gasteiger partial charge in [0.15, 0.2) is 0 Å². The zero-order valence-corrected chi connectivity index (χ0v) is 13.8. The maximum atomic E-state index is 12.5. The lowest BCUT2D eigenvalue weighted by Crippen LogP contribution is -2.49. The summed E-state index contributed by atoms with van der Waals surface area (Å²) in [5.41, 5.74) is 1.02. The van der Waals surface area contributed by atoms with Crippen molar-refractivity contribution in [1.82, 2.24) is 4.90 Å². The molecule has 1 N–H and O–H groups in total. The molecule has 1 aromatic rings. The molecular formula is C16H24N2O2S. The van der Waals surface area contributed by atoms with Crippen molar-refractivity contribution in [2.45, 2.75) is 25.0 Å². The topological polar surface area (TPSA) is 43.8 Å². The van der Waals surface area contributed by atoms with Gasteiger partial charge in [-0.1, -0.05) is 12.1 Å². The molecule has 1 aliphatic rings. The molecular weight excluding hydrogens is 284 g/mol. The van der Waals surface area contributed by atoms with Crippen LogP contribution in [0.4, 0.5) is 5.69 Å². The molecule has 0 atom stereocenters. The van der Waals surface area contributed by atoms with Gasteiger partial charge in [0.25, 0.3) is 5.91 Å². The van der Waals surface area contributed by atoms with Gasteiger partial charge in [0.2, 0.25) is 0 Å². The van der Waals surface area contributed by atoms with E-state index in [-0.39, 0.29) is 5.91 Å². The van der Waals surface area contributed by atoms with Crippen molar-refractivity contribution >= 4 is 23.4 Å². The number of thioether (sulfide) groups is 1. The summed E-state index contributed by atoms with van der Waals surface area (Å²) in [7, 11) is 5.76. The van der Waals surface area contributed by atoms with Gasteiger partial charge in [-0.3, -0.25) is 4.79 Å². The van der Waals surface area contributed by atoms with Crippen LogP contribution in [0.1, 0.15) is 18.4 Å². The molecule has 1 aliphatic heterocycles. The number of rotatable bonds is 4. The van der Waals surface area contributed by atoms with Gasteiger partial charge in [0.1, 0.15) is 5.60 Å². The van der Waals surface area contributed by atoms with Gasteiger partial charge in [-0.25, -0.2) is 0 Å². The van der Waals surface area contributed by atoms with E-state index in [1.807, 2.05) is 37.2 Å². The van der Waals surface area contributed by atoms with E-state index in [4.69, 9.17) is 0 Å². The van der Waals surface area contributed by atoms with E-state index in [0.29, 0.717) is 19.4 Å². The van der Waals surface area contributed by atoms with E-state index in [1.165, 1.54) is 0 Å². The van der Waals surface area contributed by atoms with Crippen molar-refractivity contribution < 1.29 is 9.90 Å². The van der Waals surface area contributed by atoms with Gasteiger partial charge in [0.05, 0.1) is 0 Å². The molecule has 116 valence electrons. The second-order valence-electron chi connectivity index (χ2n) is 5.87. The van der Waals surface area contributed by atoms with E-state index < -0.39 is 5.60 Å². The van der Waals surface area contributed by atoms with Crippen LogP contribution in [0.25, 0.3) is 0 Å². The summed E-state index contributed by atoms with van der Waals surface area (Å²) in [4.78, 5) is 16.2. The number of amides is 1. The smallest absolute Gasteiger partial charge is 0.254 e. The van der Waals surface area contributed by atoms with E-state index in [0.717, 1.165) is 22.8 Å². The third kappa shape index (κ3) is 3.92. The van der Waals surface area contributed by atoms with Crippen LogP contribution < -0.4 is 4.90 Å². The average Bonchev–Trinajstić information content (AvgIpc) is 2.47. The largest absolute Gasteiger partial charge is 0.380 e. The van der Waals surface area contributed by atoms with Crippen molar-refractivity contribution in [3.8, 4) is 0 Å². The molecule has 0 bridgehead atoms. The fraction of sp³-hybridized carbons (Fsp3) is 0.562. The molecule has 0 aliphatic carbocycles. The van der Waals surface area contributed by atoms with Gasteiger partial charge in [-0.05, 0) is 42.0 Å². The standard InChI is InChI=1S/C16H24N2O2S/c1-17(2)14-6-4-5-13(11-14)12-18(3)15(19)16(20)7-9-21-10-8-16/h4-6,11,20H,7-10,12H2,1-3H3. The van der Waals surface area contributed by atoms with Crippen LogP contribution in [0.3, 0.4) is 0 Å². The minimum Gasteiger partial charge on any atom is -0.380 e. The first kappa shape index (κ1) is 16.2. The van der Waals surface area contributed by atoms with Gasteiger partial charge in [-0.2, -0.15) is 11.8 Å². The lowest BCUT2D eigenvalue weighted by atomic mass is 9.95. The normalized spacial score (nSPS) is 17.3. The van der Waals surface area contributed by atoms with Crippen LogP contribution in [0.2, 0.25) is 0 Å². The summed E-state index contributed by atoms with van der Waals surface area (Å²) in [6.45, 7) is 0.524. The minimum atomic E-state index is -1.17. The van der Waals surface area contributed by atoms with Crippen molar-refractivity contribution in [2.75, 3.05) is 37.5 Å². The van der Waals surface area contributed by atoms with Crippen LogP contribution in [-0.4, -0.2) is 54.2 Å². The van der Waals surface area contributed by atoms with Crippen LogP contribution in [0, 0.1) is 0 Å². The molecule has 1 aromatic carbocycles. The number of benzene rings is 1. The van der Waals surface area contributed by atoms with E-state index in [2.05, 4.69) is 6.07 Å². The van der Waals surface area contributed by atoms with Crippen molar-refractivity contribution in [1.29, 1.82) is 0 Å². The van der Waals surface area contributed by atoms with Crippen LogP contribution in [0.5, 0.6) is 0 Å². The Morgan fingerprint density at radius 3 is 2.57 bits per heavy atom. The Balaban J connectivity index is 2.05. The zero-order chi connectivity index (χ0) is 15.5. The van der Waals surface area contributed by atoms with Gasteiger partial charge in [-0.15, -0.1) is 0 Å². The summed E-state index contributed by atoms with van der Waals surface area (Å²) in [5.74, 6) is 1.55. The minimum absolute atomic E-state index is 0.155. The fourth-order valence-corrected chi connectivity index (χ4v) is 3.73. The third-order valence-electron chi connectivity index (χ3n) is 3.91. The summed E-state index contributed by atoms with van der Waals surface area (Å²) < 4.78 is 0. The van der Waals surface area contributed by atoms with Gasteiger partial charge < -0.3 is 14.9 Å². The van der Waals surface area contributed by atoms with Crippen molar-refractivity contribution in [2.24, 2.45) is 0 Å². The lowest BCUT2D eigenvalue weighted by Gasteiger charge is -2.34. The number of carbonyl (C=O) groups excluding carboxylic acids is 1. The van der Waals surface area contributed by atoms with E-state index in [1.54, 1.807) is 23.7 Å². The Hall–Kier alpha value is -1.20. The van der Waals surface area contributed by atoms with Crippen LogP contribution in [-0.2, 0) is 11.3 Å². The van der Waals surface area contributed by atoms with Gasteiger partial charge in [0, 0.05) is 33.4 Å². The number of carbonyl (C=O) groups is 1. The van der Waals surface area contributed by atoms with E-state index >= 15 is 0 Å². The first-order valence-corrected chi connectivity index (χ1v) is 8.40. The quantitative estimate of drug-likeness (QED) is 0.923. The molecule has 0 radical (unpaired) electrons. The van der Waals surface area contributed by atoms with Crippen molar-refractivity contribution in [3.63, 3.8) is 0 Å². The van der Waals surface area contributed by atoms with Crippen LogP contribution >= 0.6 is 11.8 Å². The fourth-order valence-electron chi connectivity index (χ4n) is 2.56. The number of hydrogen-bond donors (Lipinski definition) is 1. The molecule has 1 amide bonds. The molecule has 2 rings (SSSR count). The Kier molecular flexibility index (Phi) is 5.17. The number of aliphatic hydroxyl groups is 1. The lowest BCUT2D eigenvalue weighted by molar-refractivity contribution is -0.151. The molecule has 1 heterocycles. The Morgan fingerprint density at radius 2 is 1.95 bits per heavy atom. The van der Waals surface area contributed by atoms with E-state index in [9.17, 15) is 9.90 Å². The zero-order valence-electron chi connectivity index (χ0n) is 13.0. The Bertz CT molecular complexity index is 499. The predicted octanol–water partition coefficient (Wildman–Crippen LogP) is 1.97. The monoisotopic (exact) mass is 308 g/mol. The molecule has 1 saturated heterocycles. The highest BCUT2D eigenvalue weighted by molar-refractivity contribution is 7.99. The predicted molar refractivity (Wildman–Crippen MR) is 88.8 cm³/mol. The number of likely N-dealkylation sites (N-methyl/N-ethyl adjacent to an activating group) is 1. The molecule has 0 aromatic heterocycles. The highest BCUT2D eigenvalue weighted by Gasteiger charge is 2.39. The average molecular weight is 308 g/mol. The molecule has 21 heavy (non-hydrogen) atoms. The highest BCUT2D eigenvalue weighted by atomic mass is 32.2. The van der Waals surface area contributed by atoms with Crippen molar-refractivity contribution in [3.05, 3.63) is 29.8 Å². The third-order valence-corrected chi connectivity index (χ3v) is 4.90. The second-order valence-corrected chi connectivity index (χ2v) is 7.09. The molecule has 0 saturated carbocycles. The first-order chi connectivity index (χ1) is 9.92. The second kappa shape index (κ2) is 6.71. The van der Waals surface area contributed by atoms with Crippen LogP contribution in [0.15, 0.2) is 24.3 Å². The number of hydrogen-bond acceptors (Lipinski definition) is 4. The Morgan fingerprint density at radius 1 is 1.29 bits per heavy atom. The Labute approximate surface area is 131 Å². The molecule has 0 unspecified atom stereocenters.